The molecule has 110 valence electrons. The first-order chi connectivity index (χ1) is 9.70. The van der Waals surface area contributed by atoms with Crippen LogP contribution in [0.3, 0.4) is 0 Å². The van der Waals surface area contributed by atoms with Gasteiger partial charge in [-0.1, -0.05) is 6.92 Å². The van der Waals surface area contributed by atoms with Gasteiger partial charge in [0.15, 0.2) is 0 Å². The molecular weight excluding hydrogens is 256 g/mol. The summed E-state index contributed by atoms with van der Waals surface area (Å²) in [5.74, 6) is 1.32. The van der Waals surface area contributed by atoms with Crippen LogP contribution in [-0.4, -0.2) is 40.2 Å². The lowest BCUT2D eigenvalue weighted by Crippen LogP contribution is -2.13. The number of imidazole rings is 1. The summed E-state index contributed by atoms with van der Waals surface area (Å²) in [5.41, 5.74) is 0.719. The van der Waals surface area contributed by atoms with Crippen LogP contribution in [0.25, 0.3) is 5.65 Å². The zero-order chi connectivity index (χ0) is 14.4. The second-order valence-electron chi connectivity index (χ2n) is 4.78. The Morgan fingerprint density at radius 2 is 2.20 bits per heavy atom. The summed E-state index contributed by atoms with van der Waals surface area (Å²) in [6.45, 7) is 8.00. The number of nitrogens with one attached hydrogen (secondary N) is 1. The topological polar surface area (TPSA) is 60.7 Å². The van der Waals surface area contributed by atoms with Gasteiger partial charge in [-0.15, -0.1) is 0 Å². The molecule has 0 radical (unpaired) electrons. The Hall–Kier alpha value is -1.82. The molecule has 6 heteroatoms. The number of fused-ring (bicyclic) bond motifs is 1. The van der Waals surface area contributed by atoms with E-state index in [0.717, 1.165) is 24.4 Å². The van der Waals surface area contributed by atoms with E-state index in [2.05, 4.69) is 22.2 Å². The molecular formula is C14H22N4O2. The molecule has 0 bridgehead atoms. The highest BCUT2D eigenvalue weighted by Gasteiger charge is 2.08. The second-order valence-corrected chi connectivity index (χ2v) is 4.78. The molecule has 0 aromatic carbocycles. The number of anilines is 1. The normalized spacial score (nSPS) is 11.2. The minimum atomic E-state index is 0.204. The summed E-state index contributed by atoms with van der Waals surface area (Å²) in [5, 5.41) is 3.25. The molecule has 20 heavy (non-hydrogen) atoms. The van der Waals surface area contributed by atoms with Crippen molar-refractivity contribution in [3.05, 3.63) is 18.6 Å². The fourth-order valence-electron chi connectivity index (χ4n) is 1.76. The Labute approximate surface area is 119 Å². The van der Waals surface area contributed by atoms with Crippen molar-refractivity contribution in [1.29, 1.82) is 0 Å². The Morgan fingerprint density at radius 1 is 1.35 bits per heavy atom. The predicted octanol–water partition coefficient (Wildman–Crippen LogP) is 2.36. The number of hydrogen-bond acceptors (Lipinski definition) is 5. The summed E-state index contributed by atoms with van der Waals surface area (Å²) in [7, 11) is 0. The largest absolute Gasteiger partial charge is 0.473 e. The van der Waals surface area contributed by atoms with Gasteiger partial charge in [-0.25, -0.2) is 4.98 Å². The zero-order valence-electron chi connectivity index (χ0n) is 12.3. The molecule has 0 aliphatic heterocycles. The van der Waals surface area contributed by atoms with Crippen LogP contribution in [0, 0.1) is 0 Å². The minimum absolute atomic E-state index is 0.204. The van der Waals surface area contributed by atoms with E-state index in [9.17, 15) is 0 Å². The maximum absolute atomic E-state index is 5.69. The van der Waals surface area contributed by atoms with Crippen molar-refractivity contribution in [2.24, 2.45) is 0 Å². The van der Waals surface area contributed by atoms with E-state index in [-0.39, 0.29) is 6.10 Å². The second kappa shape index (κ2) is 7.09. The smallest absolute Gasteiger partial charge is 0.260 e. The molecule has 0 fully saturated rings. The van der Waals surface area contributed by atoms with E-state index in [4.69, 9.17) is 9.47 Å². The molecule has 1 N–H and O–H groups in total. The van der Waals surface area contributed by atoms with Gasteiger partial charge < -0.3 is 14.8 Å². The molecule has 0 unspecified atom stereocenters. The Kier molecular flexibility index (Phi) is 5.17. The van der Waals surface area contributed by atoms with E-state index < -0.39 is 0 Å². The lowest BCUT2D eigenvalue weighted by atomic mass is 10.5. The number of ether oxygens (including phenoxy) is 2. The molecule has 2 aromatic heterocycles. The van der Waals surface area contributed by atoms with Crippen molar-refractivity contribution in [3.63, 3.8) is 0 Å². The van der Waals surface area contributed by atoms with Crippen LogP contribution >= 0.6 is 0 Å². The van der Waals surface area contributed by atoms with E-state index in [1.165, 1.54) is 0 Å². The molecule has 2 heterocycles. The van der Waals surface area contributed by atoms with Gasteiger partial charge in [-0.3, -0.25) is 4.40 Å². The van der Waals surface area contributed by atoms with Gasteiger partial charge in [0.05, 0.1) is 18.9 Å². The number of nitrogens with zero attached hydrogens (tertiary/aromatic N) is 3. The summed E-state index contributed by atoms with van der Waals surface area (Å²) < 4.78 is 13.1. The first kappa shape index (κ1) is 14.6. The molecule has 2 rings (SSSR count). The van der Waals surface area contributed by atoms with Crippen LogP contribution in [0.1, 0.15) is 27.2 Å². The van der Waals surface area contributed by atoms with E-state index in [0.29, 0.717) is 19.1 Å². The SMILES string of the molecule is CCCNc1cn2ccnc2c(OCCOC(C)C)n1. The van der Waals surface area contributed by atoms with E-state index in [1.54, 1.807) is 6.20 Å². The monoisotopic (exact) mass is 278 g/mol. The van der Waals surface area contributed by atoms with Crippen LogP contribution in [0.2, 0.25) is 0 Å². The van der Waals surface area contributed by atoms with Crippen LogP contribution in [0.4, 0.5) is 5.82 Å². The van der Waals surface area contributed by atoms with Crippen LogP contribution in [0.5, 0.6) is 5.88 Å². The molecule has 0 atom stereocenters. The number of aromatic nitrogens is 3. The van der Waals surface area contributed by atoms with Crippen LogP contribution in [0.15, 0.2) is 18.6 Å². The highest BCUT2D eigenvalue weighted by atomic mass is 16.5. The highest BCUT2D eigenvalue weighted by Crippen LogP contribution is 2.18. The van der Waals surface area contributed by atoms with Gasteiger partial charge >= 0.3 is 0 Å². The third-order valence-corrected chi connectivity index (χ3v) is 2.67. The van der Waals surface area contributed by atoms with Crippen molar-refractivity contribution >= 4 is 11.5 Å². The summed E-state index contributed by atoms with van der Waals surface area (Å²) in [6, 6.07) is 0. The minimum Gasteiger partial charge on any atom is -0.473 e. The Bertz CT molecular complexity index is 539. The predicted molar refractivity (Wildman–Crippen MR) is 78.4 cm³/mol. The first-order valence-electron chi connectivity index (χ1n) is 7.02. The van der Waals surface area contributed by atoms with Crippen molar-refractivity contribution < 1.29 is 9.47 Å². The molecule has 0 saturated carbocycles. The van der Waals surface area contributed by atoms with Crippen LogP contribution in [-0.2, 0) is 4.74 Å². The molecule has 2 aromatic rings. The Balaban J connectivity index is 2.07. The van der Waals surface area contributed by atoms with Gasteiger partial charge in [-0.05, 0) is 20.3 Å². The van der Waals surface area contributed by atoms with E-state index >= 15 is 0 Å². The van der Waals surface area contributed by atoms with Crippen molar-refractivity contribution in [2.75, 3.05) is 25.1 Å². The molecule has 0 aliphatic rings. The standard InChI is InChI=1S/C14H22N4O2/c1-4-5-15-12-10-18-7-6-16-13(18)14(17-12)20-9-8-19-11(2)3/h6-7,10-11,15H,4-5,8-9H2,1-3H3. The lowest BCUT2D eigenvalue weighted by Gasteiger charge is -2.11. The van der Waals surface area contributed by atoms with Gasteiger partial charge in [0.2, 0.25) is 5.65 Å². The van der Waals surface area contributed by atoms with Gasteiger partial charge in [0.1, 0.15) is 12.4 Å². The zero-order valence-corrected chi connectivity index (χ0v) is 12.3. The fraction of sp³-hybridized carbons (Fsp3) is 0.571. The van der Waals surface area contributed by atoms with Crippen LogP contribution < -0.4 is 10.1 Å². The van der Waals surface area contributed by atoms with Crippen molar-refractivity contribution in [3.8, 4) is 5.88 Å². The Morgan fingerprint density at radius 3 is 2.95 bits per heavy atom. The van der Waals surface area contributed by atoms with Gasteiger partial charge in [-0.2, -0.15) is 4.98 Å². The number of rotatable bonds is 8. The lowest BCUT2D eigenvalue weighted by molar-refractivity contribution is 0.0545. The third-order valence-electron chi connectivity index (χ3n) is 2.67. The first-order valence-corrected chi connectivity index (χ1v) is 7.02. The van der Waals surface area contributed by atoms with E-state index in [1.807, 2.05) is 30.6 Å². The average molecular weight is 278 g/mol. The molecule has 0 saturated heterocycles. The maximum Gasteiger partial charge on any atom is 0.260 e. The van der Waals surface area contributed by atoms with Crippen molar-refractivity contribution in [2.45, 2.75) is 33.3 Å². The van der Waals surface area contributed by atoms with Gasteiger partial charge in [0, 0.05) is 18.9 Å². The highest BCUT2D eigenvalue weighted by molar-refractivity contribution is 5.53. The molecule has 0 aliphatic carbocycles. The fourth-order valence-corrected chi connectivity index (χ4v) is 1.76. The number of hydrogen-bond donors (Lipinski definition) is 1. The molecule has 0 spiro atoms. The van der Waals surface area contributed by atoms with Gasteiger partial charge in [0.25, 0.3) is 5.88 Å². The summed E-state index contributed by atoms with van der Waals surface area (Å²) in [4.78, 5) is 8.72. The maximum atomic E-state index is 5.69. The average Bonchev–Trinajstić information content (AvgIpc) is 2.89. The van der Waals surface area contributed by atoms with Crippen molar-refractivity contribution in [1.82, 2.24) is 14.4 Å². The quantitative estimate of drug-likeness (QED) is 0.751. The molecule has 0 amide bonds. The third kappa shape index (κ3) is 3.84. The summed E-state index contributed by atoms with van der Waals surface area (Å²) >= 11 is 0. The summed E-state index contributed by atoms with van der Waals surface area (Å²) in [6.07, 6.45) is 6.77. The molecule has 6 nitrogen and oxygen atoms in total.